The highest BCUT2D eigenvalue weighted by Crippen LogP contribution is 2.22. The zero-order valence-electron chi connectivity index (χ0n) is 12.9. The molecule has 0 aromatic heterocycles. The molecule has 21 heavy (non-hydrogen) atoms. The zero-order chi connectivity index (χ0) is 16.5. The lowest BCUT2D eigenvalue weighted by Gasteiger charge is -2.19. The lowest BCUT2D eigenvalue weighted by Crippen LogP contribution is -2.28. The van der Waals surface area contributed by atoms with Crippen LogP contribution >= 0.6 is 31.9 Å². The number of alkyl halides is 2. The van der Waals surface area contributed by atoms with Crippen molar-refractivity contribution in [3.8, 4) is 6.57 Å². The lowest BCUT2D eigenvalue weighted by molar-refractivity contribution is 0.0841. The molecule has 1 aromatic carbocycles. The minimum Gasteiger partial charge on any atom is -0.231 e. The molecule has 0 bridgehead atoms. The molecule has 119 valence electrons. The Balaban J connectivity index is 0. The molecule has 4 heteroatoms. The van der Waals surface area contributed by atoms with E-state index in [1.165, 1.54) is 12.8 Å². The van der Waals surface area contributed by atoms with Gasteiger partial charge in [-0.15, -0.1) is 0 Å². The van der Waals surface area contributed by atoms with Gasteiger partial charge in [0.05, 0.1) is 0 Å². The summed E-state index contributed by atoms with van der Waals surface area (Å²) >= 11 is 6.88. The molecule has 0 aliphatic carbocycles. The second-order valence-corrected chi connectivity index (χ2v) is 6.91. The summed E-state index contributed by atoms with van der Waals surface area (Å²) in [6.07, 6.45) is 5.01. The van der Waals surface area contributed by atoms with E-state index in [-0.39, 0.29) is 9.65 Å². The molecule has 1 aromatic rings. The molecular weight excluding hydrogens is 394 g/mol. The fourth-order valence-corrected chi connectivity index (χ4v) is 3.07. The number of rotatable bonds is 7. The number of hydrogen-bond donors (Lipinski definition) is 0. The first kappa shape index (κ1) is 22.9. The van der Waals surface area contributed by atoms with Crippen molar-refractivity contribution in [3.63, 3.8) is 0 Å². The molecule has 0 aliphatic rings. The van der Waals surface area contributed by atoms with Gasteiger partial charge in [0, 0.05) is 16.2 Å². The Hall–Kier alpha value is -0.370. The predicted octanol–water partition coefficient (Wildman–Crippen LogP) is 6.13. The summed E-state index contributed by atoms with van der Waals surface area (Å²) < 4.78 is 0. The van der Waals surface area contributed by atoms with Crippen LogP contribution in [0.5, 0.6) is 0 Å². The molecule has 1 rings (SSSR count). The smallest absolute Gasteiger partial charge is 0.118 e. The highest BCUT2D eigenvalue weighted by molar-refractivity contribution is 9.10. The summed E-state index contributed by atoms with van der Waals surface area (Å²) in [6, 6.07) is 12.0. The Morgan fingerprint density at radius 2 is 1.33 bits per heavy atom. The maximum atomic E-state index is 11.7. The van der Waals surface area contributed by atoms with Gasteiger partial charge < -0.3 is 0 Å². The van der Waals surface area contributed by atoms with Crippen LogP contribution in [-0.2, 0) is 5.11 Å². The molecule has 0 saturated carbocycles. The van der Waals surface area contributed by atoms with Crippen LogP contribution in [0.4, 0.5) is 0 Å². The minimum absolute atomic E-state index is 0.110. The van der Waals surface area contributed by atoms with Crippen LogP contribution in [0.2, 0.25) is 0 Å². The molecular formula is C17H26Br2NO. The first-order valence-electron chi connectivity index (χ1n) is 7.33. The standard InChI is InChI=1S/C10H19Br2O.C6H6.CHN/c1-3-5-6-7-9(12)10(13)8(11)4-2;1-2-4-6-5-3-1;1-2/h8-10H,3-7H2,1-2H3;1-6H;1H. The fourth-order valence-electron chi connectivity index (χ4n) is 1.60. The van der Waals surface area contributed by atoms with Gasteiger partial charge in [0.2, 0.25) is 0 Å². The summed E-state index contributed by atoms with van der Waals surface area (Å²) in [4.78, 5) is 0.238. The number of halogens is 2. The maximum Gasteiger partial charge on any atom is 0.118 e. The van der Waals surface area contributed by atoms with E-state index in [1.807, 2.05) is 43.3 Å². The van der Waals surface area contributed by atoms with Gasteiger partial charge in [0.25, 0.3) is 0 Å². The molecule has 1 radical (unpaired) electrons. The molecule has 0 N–H and O–H groups in total. The molecule has 0 saturated heterocycles. The Morgan fingerprint density at radius 1 is 0.905 bits per heavy atom. The van der Waals surface area contributed by atoms with Gasteiger partial charge in [-0.2, -0.15) is 0 Å². The maximum absolute atomic E-state index is 11.7. The van der Waals surface area contributed by atoms with Crippen LogP contribution in [0, 0.1) is 11.8 Å². The number of hydrogen-bond acceptors (Lipinski definition) is 1. The van der Waals surface area contributed by atoms with Crippen molar-refractivity contribution in [1.82, 2.24) is 0 Å². The number of nitrogens with zero attached hydrogens (tertiary/aromatic N) is 1. The number of benzene rings is 1. The van der Waals surface area contributed by atoms with Crippen LogP contribution in [0.15, 0.2) is 36.4 Å². The summed E-state index contributed by atoms with van der Waals surface area (Å²) in [5, 5.41) is 18.2. The van der Waals surface area contributed by atoms with E-state index in [4.69, 9.17) is 5.26 Å². The van der Waals surface area contributed by atoms with E-state index >= 15 is 0 Å². The van der Waals surface area contributed by atoms with Gasteiger partial charge in [-0.25, -0.2) is 10.4 Å². The molecule has 0 aliphatic heterocycles. The SMILES string of the molecule is C#N.CCCCCC(Br)C([O])C(Br)CC.c1ccccc1. The monoisotopic (exact) mass is 418 g/mol. The predicted molar refractivity (Wildman–Crippen MR) is 97.4 cm³/mol. The van der Waals surface area contributed by atoms with Crippen molar-refractivity contribution in [2.24, 2.45) is 0 Å². The average molecular weight is 420 g/mol. The molecule has 2 nitrogen and oxygen atoms in total. The highest BCUT2D eigenvalue weighted by atomic mass is 79.9. The topological polar surface area (TPSA) is 43.7 Å². The van der Waals surface area contributed by atoms with E-state index in [9.17, 15) is 5.11 Å². The normalized spacial score (nSPS) is 13.7. The van der Waals surface area contributed by atoms with Gasteiger partial charge >= 0.3 is 0 Å². The van der Waals surface area contributed by atoms with Crippen LogP contribution in [0.3, 0.4) is 0 Å². The fraction of sp³-hybridized carbons (Fsp3) is 0.588. The molecule has 0 amide bonds. The van der Waals surface area contributed by atoms with Crippen molar-refractivity contribution in [2.45, 2.75) is 61.7 Å². The number of unbranched alkanes of at least 4 members (excludes halogenated alkanes) is 2. The van der Waals surface area contributed by atoms with E-state index in [0.717, 1.165) is 19.3 Å². The quantitative estimate of drug-likeness (QED) is 0.387. The highest BCUT2D eigenvalue weighted by Gasteiger charge is 2.23. The third-order valence-electron chi connectivity index (χ3n) is 2.85. The average Bonchev–Trinajstić information content (AvgIpc) is 2.57. The minimum atomic E-state index is -0.512. The Bertz CT molecular complexity index is 292. The van der Waals surface area contributed by atoms with Crippen LogP contribution in [-0.4, -0.2) is 15.8 Å². The Morgan fingerprint density at radius 3 is 1.67 bits per heavy atom. The molecule has 0 heterocycles. The third kappa shape index (κ3) is 14.3. The molecule has 0 fully saturated rings. The largest absolute Gasteiger partial charge is 0.231 e. The van der Waals surface area contributed by atoms with Crippen molar-refractivity contribution in [1.29, 1.82) is 5.26 Å². The van der Waals surface area contributed by atoms with Gasteiger partial charge in [0.1, 0.15) is 6.10 Å². The third-order valence-corrected chi connectivity index (χ3v) is 5.00. The van der Waals surface area contributed by atoms with Gasteiger partial charge in [0.15, 0.2) is 0 Å². The van der Waals surface area contributed by atoms with Crippen LogP contribution in [0.25, 0.3) is 0 Å². The van der Waals surface area contributed by atoms with E-state index in [0.29, 0.717) is 0 Å². The molecule has 3 atom stereocenters. The van der Waals surface area contributed by atoms with Crippen molar-refractivity contribution in [3.05, 3.63) is 36.4 Å². The Labute approximate surface area is 146 Å². The number of nitriles is 1. The van der Waals surface area contributed by atoms with Crippen LogP contribution in [0.1, 0.15) is 46.0 Å². The summed E-state index contributed by atoms with van der Waals surface area (Å²) in [5.74, 6) is 0. The van der Waals surface area contributed by atoms with E-state index < -0.39 is 6.10 Å². The van der Waals surface area contributed by atoms with Gasteiger partial charge in [-0.05, 0) is 12.8 Å². The van der Waals surface area contributed by atoms with E-state index in [2.05, 4.69) is 45.4 Å². The van der Waals surface area contributed by atoms with Crippen molar-refractivity contribution < 1.29 is 5.11 Å². The van der Waals surface area contributed by atoms with Gasteiger partial charge in [-0.1, -0.05) is 101 Å². The van der Waals surface area contributed by atoms with Crippen molar-refractivity contribution >= 4 is 31.9 Å². The van der Waals surface area contributed by atoms with Crippen molar-refractivity contribution in [2.75, 3.05) is 0 Å². The van der Waals surface area contributed by atoms with Gasteiger partial charge in [-0.3, -0.25) is 0 Å². The first-order chi connectivity index (χ1) is 10.1. The zero-order valence-corrected chi connectivity index (χ0v) is 16.1. The molecule has 0 spiro atoms. The Kier molecular flexibility index (Phi) is 19.3. The van der Waals surface area contributed by atoms with E-state index in [1.54, 1.807) is 0 Å². The second kappa shape index (κ2) is 17.7. The summed E-state index contributed by atoms with van der Waals surface area (Å²) in [6.45, 7) is 7.72. The second-order valence-electron chi connectivity index (χ2n) is 4.56. The molecule has 3 unspecified atom stereocenters. The lowest BCUT2D eigenvalue weighted by atomic mass is 10.1. The summed E-state index contributed by atoms with van der Waals surface area (Å²) in [7, 11) is 0. The van der Waals surface area contributed by atoms with Crippen LogP contribution < -0.4 is 0 Å². The summed E-state index contributed by atoms with van der Waals surface area (Å²) in [5.41, 5.74) is 0. The first-order valence-corrected chi connectivity index (χ1v) is 9.16.